The van der Waals surface area contributed by atoms with Gasteiger partial charge < -0.3 is 10.2 Å². The van der Waals surface area contributed by atoms with Gasteiger partial charge in [0.25, 0.3) is 0 Å². The van der Waals surface area contributed by atoms with Gasteiger partial charge in [-0.2, -0.15) is 0 Å². The van der Waals surface area contributed by atoms with Gasteiger partial charge in [0, 0.05) is 22.9 Å². The van der Waals surface area contributed by atoms with Crippen molar-refractivity contribution in [3.8, 4) is 0 Å². The molecule has 1 N–H and O–H groups in total. The number of rotatable bonds is 9. The molecule has 6 heteroatoms. The number of nitrogens with zero attached hydrogens (tertiary/aromatic N) is 1. The van der Waals surface area contributed by atoms with Crippen molar-refractivity contribution in [2.75, 3.05) is 5.75 Å². The lowest BCUT2D eigenvalue weighted by Gasteiger charge is -2.33. The number of benzene rings is 2. The molecule has 0 aliphatic carbocycles. The standard InChI is InChI=1S/C25H33ClN2O2S/c1-6-22(24(30)27-25(3,4)5)28(15-20-12-7-8-13-21(20)26)23(29)17-31-16-19-11-9-10-18(2)14-19/h7-14,22H,6,15-17H2,1-5H3,(H,27,30). The Labute approximate surface area is 195 Å². The minimum atomic E-state index is -0.553. The van der Waals surface area contributed by atoms with E-state index in [1.165, 1.54) is 11.1 Å². The Hall–Kier alpha value is -1.98. The zero-order valence-corrected chi connectivity index (χ0v) is 20.6. The minimum Gasteiger partial charge on any atom is -0.350 e. The first kappa shape index (κ1) is 25.3. The molecule has 31 heavy (non-hydrogen) atoms. The van der Waals surface area contributed by atoms with E-state index >= 15 is 0 Å². The molecule has 0 heterocycles. The summed E-state index contributed by atoms with van der Waals surface area (Å²) in [5, 5.41) is 3.62. The van der Waals surface area contributed by atoms with Crippen molar-refractivity contribution in [2.24, 2.45) is 0 Å². The van der Waals surface area contributed by atoms with Crippen molar-refractivity contribution >= 4 is 35.2 Å². The van der Waals surface area contributed by atoms with Gasteiger partial charge >= 0.3 is 0 Å². The van der Waals surface area contributed by atoms with Crippen LogP contribution in [0, 0.1) is 6.92 Å². The Morgan fingerprint density at radius 2 is 1.84 bits per heavy atom. The van der Waals surface area contributed by atoms with Crippen LogP contribution < -0.4 is 5.32 Å². The fourth-order valence-corrected chi connectivity index (χ4v) is 4.38. The maximum Gasteiger partial charge on any atom is 0.243 e. The molecule has 2 amide bonds. The van der Waals surface area contributed by atoms with E-state index in [-0.39, 0.29) is 17.4 Å². The molecular weight excluding hydrogens is 428 g/mol. The molecule has 2 aromatic carbocycles. The first-order valence-corrected chi connectivity index (χ1v) is 12.1. The van der Waals surface area contributed by atoms with E-state index in [0.717, 1.165) is 11.3 Å². The van der Waals surface area contributed by atoms with Crippen molar-refractivity contribution in [1.29, 1.82) is 0 Å². The molecule has 0 bridgehead atoms. The lowest BCUT2D eigenvalue weighted by molar-refractivity contribution is -0.140. The first-order valence-electron chi connectivity index (χ1n) is 10.6. The quantitative estimate of drug-likeness (QED) is 0.529. The topological polar surface area (TPSA) is 49.4 Å². The Balaban J connectivity index is 2.17. The van der Waals surface area contributed by atoms with Crippen LogP contribution in [0.2, 0.25) is 5.02 Å². The number of aryl methyl sites for hydroxylation is 1. The van der Waals surface area contributed by atoms with Crippen LogP contribution in [-0.4, -0.2) is 34.0 Å². The van der Waals surface area contributed by atoms with Gasteiger partial charge in [0.2, 0.25) is 11.8 Å². The lowest BCUT2D eigenvalue weighted by Crippen LogP contribution is -2.53. The van der Waals surface area contributed by atoms with Crippen molar-refractivity contribution in [1.82, 2.24) is 10.2 Å². The van der Waals surface area contributed by atoms with Gasteiger partial charge in [-0.1, -0.05) is 66.6 Å². The number of carbonyl (C=O) groups excluding carboxylic acids is 2. The van der Waals surface area contributed by atoms with Gasteiger partial charge in [0.15, 0.2) is 0 Å². The van der Waals surface area contributed by atoms with Crippen LogP contribution in [0.15, 0.2) is 48.5 Å². The molecule has 168 valence electrons. The SMILES string of the molecule is CCC(C(=O)NC(C)(C)C)N(Cc1ccccc1Cl)C(=O)CSCc1cccc(C)c1. The van der Waals surface area contributed by atoms with Crippen LogP contribution in [0.5, 0.6) is 0 Å². The minimum absolute atomic E-state index is 0.0616. The van der Waals surface area contributed by atoms with E-state index in [2.05, 4.69) is 30.4 Å². The summed E-state index contributed by atoms with van der Waals surface area (Å²) >= 11 is 7.93. The summed E-state index contributed by atoms with van der Waals surface area (Å²) in [4.78, 5) is 27.9. The smallest absolute Gasteiger partial charge is 0.243 e. The largest absolute Gasteiger partial charge is 0.350 e. The Morgan fingerprint density at radius 3 is 2.45 bits per heavy atom. The average Bonchev–Trinajstić information content (AvgIpc) is 2.68. The Kier molecular flexibility index (Phi) is 9.45. The fourth-order valence-electron chi connectivity index (χ4n) is 3.32. The van der Waals surface area contributed by atoms with Gasteiger partial charge in [0.05, 0.1) is 5.75 Å². The molecule has 0 aliphatic rings. The summed E-state index contributed by atoms with van der Waals surface area (Å²) in [7, 11) is 0. The summed E-state index contributed by atoms with van der Waals surface area (Å²) in [5.74, 6) is 0.850. The van der Waals surface area contributed by atoms with Crippen LogP contribution in [-0.2, 0) is 21.9 Å². The first-order chi connectivity index (χ1) is 14.6. The molecule has 2 aromatic rings. The monoisotopic (exact) mass is 460 g/mol. The highest BCUT2D eigenvalue weighted by molar-refractivity contribution is 7.99. The fraction of sp³-hybridized carbons (Fsp3) is 0.440. The van der Waals surface area contributed by atoms with Gasteiger partial charge in [-0.3, -0.25) is 9.59 Å². The van der Waals surface area contributed by atoms with Crippen molar-refractivity contribution in [2.45, 2.75) is 64.9 Å². The number of thioether (sulfide) groups is 1. The predicted molar refractivity (Wildman–Crippen MR) is 131 cm³/mol. The van der Waals surface area contributed by atoms with E-state index in [9.17, 15) is 9.59 Å². The van der Waals surface area contributed by atoms with Crippen molar-refractivity contribution in [3.05, 3.63) is 70.2 Å². The van der Waals surface area contributed by atoms with Gasteiger partial charge in [-0.25, -0.2) is 0 Å². The van der Waals surface area contributed by atoms with Gasteiger partial charge in [-0.15, -0.1) is 11.8 Å². The van der Waals surface area contributed by atoms with Gasteiger partial charge in [0.1, 0.15) is 6.04 Å². The second-order valence-electron chi connectivity index (χ2n) is 8.76. The molecular formula is C25H33ClN2O2S. The number of hydrogen-bond donors (Lipinski definition) is 1. The molecule has 1 unspecified atom stereocenters. The normalized spacial score (nSPS) is 12.3. The summed E-state index contributed by atoms with van der Waals surface area (Å²) in [6, 6.07) is 15.2. The van der Waals surface area contributed by atoms with Crippen molar-refractivity contribution < 1.29 is 9.59 Å². The maximum absolute atomic E-state index is 13.3. The van der Waals surface area contributed by atoms with E-state index in [0.29, 0.717) is 23.7 Å². The number of nitrogens with one attached hydrogen (secondary N) is 1. The van der Waals surface area contributed by atoms with Crippen LogP contribution in [0.3, 0.4) is 0 Å². The van der Waals surface area contributed by atoms with E-state index in [4.69, 9.17) is 11.6 Å². The third-order valence-electron chi connectivity index (χ3n) is 4.76. The van der Waals surface area contributed by atoms with Crippen LogP contribution in [0.25, 0.3) is 0 Å². The highest BCUT2D eigenvalue weighted by Gasteiger charge is 2.30. The summed E-state index contributed by atoms with van der Waals surface area (Å²) < 4.78 is 0. The van der Waals surface area contributed by atoms with Crippen LogP contribution in [0.1, 0.15) is 50.8 Å². The lowest BCUT2D eigenvalue weighted by atomic mass is 10.1. The Morgan fingerprint density at radius 1 is 1.13 bits per heavy atom. The number of amides is 2. The molecule has 0 aromatic heterocycles. The summed E-state index contributed by atoms with van der Waals surface area (Å²) in [6.07, 6.45) is 0.528. The zero-order valence-electron chi connectivity index (χ0n) is 19.1. The number of halogens is 1. The molecule has 4 nitrogen and oxygen atoms in total. The molecule has 0 saturated heterocycles. The second kappa shape index (κ2) is 11.6. The summed E-state index contributed by atoms with van der Waals surface area (Å²) in [6.45, 7) is 10.1. The third kappa shape index (κ3) is 8.23. The average molecular weight is 461 g/mol. The van der Waals surface area contributed by atoms with E-state index < -0.39 is 6.04 Å². The highest BCUT2D eigenvalue weighted by atomic mass is 35.5. The number of hydrogen-bond acceptors (Lipinski definition) is 3. The highest BCUT2D eigenvalue weighted by Crippen LogP contribution is 2.22. The molecule has 0 fully saturated rings. The van der Waals surface area contributed by atoms with E-state index in [1.54, 1.807) is 16.7 Å². The molecule has 1 atom stereocenters. The third-order valence-corrected chi connectivity index (χ3v) is 6.12. The second-order valence-corrected chi connectivity index (χ2v) is 10.2. The molecule has 0 aliphatic heterocycles. The van der Waals surface area contributed by atoms with Crippen molar-refractivity contribution in [3.63, 3.8) is 0 Å². The predicted octanol–water partition coefficient (Wildman–Crippen LogP) is 5.60. The van der Waals surface area contributed by atoms with Crippen LogP contribution in [0.4, 0.5) is 0 Å². The summed E-state index contributed by atoms with van der Waals surface area (Å²) in [5.41, 5.74) is 2.86. The Bertz CT molecular complexity index is 895. The zero-order chi connectivity index (χ0) is 23.0. The van der Waals surface area contributed by atoms with Crippen LogP contribution >= 0.6 is 23.4 Å². The molecule has 2 rings (SSSR count). The number of carbonyl (C=O) groups is 2. The van der Waals surface area contributed by atoms with E-state index in [1.807, 2.05) is 58.0 Å². The molecule has 0 spiro atoms. The maximum atomic E-state index is 13.3. The molecule has 0 radical (unpaired) electrons. The van der Waals surface area contributed by atoms with Gasteiger partial charge in [-0.05, 0) is 51.3 Å². The molecule has 0 saturated carbocycles.